The maximum atomic E-state index is 12.3. The van der Waals surface area contributed by atoms with E-state index in [0.29, 0.717) is 6.54 Å². The first-order valence-electron chi connectivity index (χ1n) is 7.56. The minimum atomic E-state index is 0.0479. The lowest BCUT2D eigenvalue weighted by Crippen LogP contribution is -2.24. The molecule has 3 aromatic rings. The van der Waals surface area contributed by atoms with E-state index >= 15 is 0 Å². The van der Waals surface area contributed by atoms with Gasteiger partial charge in [0.25, 0.3) is 5.91 Å². The molecule has 3 rings (SSSR count). The molecule has 0 atom stereocenters. The second-order valence-electron chi connectivity index (χ2n) is 5.40. The third-order valence-electron chi connectivity index (χ3n) is 3.82. The predicted octanol–water partition coefficient (Wildman–Crippen LogP) is 4.57. The number of amides is 1. The average Bonchev–Trinajstić information content (AvgIpc) is 2.90. The molecule has 0 radical (unpaired) electrons. The number of nitrogens with one attached hydrogen (secondary N) is 1. The zero-order chi connectivity index (χ0) is 15.4. The second kappa shape index (κ2) is 6.75. The molecular formula is C19H19NOS. The Morgan fingerprint density at radius 1 is 1.05 bits per heavy atom. The lowest BCUT2D eigenvalue weighted by Gasteiger charge is -2.05. The number of benzene rings is 2. The first kappa shape index (κ1) is 14.8. The van der Waals surface area contributed by atoms with E-state index in [2.05, 4.69) is 41.7 Å². The molecule has 1 aromatic heterocycles. The van der Waals surface area contributed by atoms with Crippen LogP contribution in [0.2, 0.25) is 0 Å². The van der Waals surface area contributed by atoms with Crippen molar-refractivity contribution in [1.82, 2.24) is 5.32 Å². The van der Waals surface area contributed by atoms with E-state index in [0.717, 1.165) is 23.3 Å². The standard InChI is InChI=1S/C19H19NOS/c1-14-16-11-5-6-12-17(16)22-18(14)19(21)20-13-7-10-15-8-3-2-4-9-15/h2-6,8-9,11-12H,7,10,13H2,1H3,(H,20,21). The Morgan fingerprint density at radius 2 is 1.77 bits per heavy atom. The molecule has 3 heteroatoms. The van der Waals surface area contributed by atoms with Gasteiger partial charge in [-0.05, 0) is 42.3 Å². The Labute approximate surface area is 134 Å². The van der Waals surface area contributed by atoms with Crippen molar-refractivity contribution in [2.45, 2.75) is 19.8 Å². The quantitative estimate of drug-likeness (QED) is 0.687. The van der Waals surface area contributed by atoms with Gasteiger partial charge < -0.3 is 5.32 Å². The van der Waals surface area contributed by atoms with Crippen LogP contribution in [0.4, 0.5) is 0 Å². The van der Waals surface area contributed by atoms with Crippen molar-refractivity contribution < 1.29 is 4.79 Å². The first-order valence-corrected chi connectivity index (χ1v) is 8.37. The normalized spacial score (nSPS) is 10.8. The number of hydrogen-bond donors (Lipinski definition) is 1. The summed E-state index contributed by atoms with van der Waals surface area (Å²) in [7, 11) is 0. The summed E-state index contributed by atoms with van der Waals surface area (Å²) < 4.78 is 1.18. The van der Waals surface area contributed by atoms with Crippen LogP contribution in [0.3, 0.4) is 0 Å². The van der Waals surface area contributed by atoms with Crippen LogP contribution < -0.4 is 5.32 Å². The van der Waals surface area contributed by atoms with Gasteiger partial charge in [0.2, 0.25) is 0 Å². The highest BCUT2D eigenvalue weighted by atomic mass is 32.1. The fourth-order valence-corrected chi connectivity index (χ4v) is 3.74. The van der Waals surface area contributed by atoms with Gasteiger partial charge in [0.1, 0.15) is 0 Å². The third-order valence-corrected chi connectivity index (χ3v) is 5.09. The molecule has 1 amide bonds. The van der Waals surface area contributed by atoms with Crippen molar-refractivity contribution >= 4 is 27.3 Å². The third kappa shape index (κ3) is 3.20. The smallest absolute Gasteiger partial charge is 0.261 e. The summed E-state index contributed by atoms with van der Waals surface area (Å²) in [6.45, 7) is 2.74. The molecule has 0 spiro atoms. The highest BCUT2D eigenvalue weighted by molar-refractivity contribution is 7.21. The molecule has 0 saturated carbocycles. The van der Waals surface area contributed by atoms with Gasteiger partial charge in [-0.25, -0.2) is 0 Å². The summed E-state index contributed by atoms with van der Waals surface area (Å²) in [6, 6.07) is 18.5. The topological polar surface area (TPSA) is 29.1 Å². The van der Waals surface area contributed by atoms with Crippen LogP contribution in [0.25, 0.3) is 10.1 Å². The highest BCUT2D eigenvalue weighted by Crippen LogP contribution is 2.30. The number of carbonyl (C=O) groups is 1. The van der Waals surface area contributed by atoms with Gasteiger partial charge >= 0.3 is 0 Å². The Bertz CT molecular complexity index is 776. The van der Waals surface area contributed by atoms with Gasteiger partial charge in [0, 0.05) is 11.2 Å². The lowest BCUT2D eigenvalue weighted by molar-refractivity contribution is 0.0957. The minimum Gasteiger partial charge on any atom is -0.351 e. The van der Waals surface area contributed by atoms with Crippen molar-refractivity contribution in [3.63, 3.8) is 0 Å². The Hall–Kier alpha value is -2.13. The van der Waals surface area contributed by atoms with Crippen LogP contribution in [-0.4, -0.2) is 12.5 Å². The predicted molar refractivity (Wildman–Crippen MR) is 93.7 cm³/mol. The lowest BCUT2D eigenvalue weighted by atomic mass is 10.1. The number of rotatable bonds is 5. The summed E-state index contributed by atoms with van der Waals surface area (Å²) in [6.07, 6.45) is 1.95. The van der Waals surface area contributed by atoms with Gasteiger partial charge in [-0.2, -0.15) is 0 Å². The number of fused-ring (bicyclic) bond motifs is 1. The van der Waals surface area contributed by atoms with Crippen molar-refractivity contribution in [2.75, 3.05) is 6.54 Å². The molecule has 2 nitrogen and oxygen atoms in total. The maximum Gasteiger partial charge on any atom is 0.261 e. The average molecular weight is 309 g/mol. The van der Waals surface area contributed by atoms with E-state index < -0.39 is 0 Å². The molecule has 112 valence electrons. The molecule has 0 saturated heterocycles. The number of carbonyl (C=O) groups excluding carboxylic acids is 1. The van der Waals surface area contributed by atoms with E-state index in [1.165, 1.54) is 15.6 Å². The van der Waals surface area contributed by atoms with Gasteiger partial charge in [0.15, 0.2) is 0 Å². The first-order chi connectivity index (χ1) is 10.8. The van der Waals surface area contributed by atoms with E-state index in [9.17, 15) is 4.79 Å². The molecule has 0 aliphatic rings. The van der Waals surface area contributed by atoms with Crippen LogP contribution in [-0.2, 0) is 6.42 Å². The van der Waals surface area contributed by atoms with Crippen molar-refractivity contribution in [1.29, 1.82) is 0 Å². The van der Waals surface area contributed by atoms with Gasteiger partial charge in [-0.1, -0.05) is 48.5 Å². The second-order valence-corrected chi connectivity index (χ2v) is 6.45. The van der Waals surface area contributed by atoms with E-state index in [-0.39, 0.29) is 5.91 Å². The Balaban J connectivity index is 1.58. The molecule has 1 N–H and O–H groups in total. The molecule has 0 bridgehead atoms. The molecular weight excluding hydrogens is 290 g/mol. The van der Waals surface area contributed by atoms with E-state index in [1.54, 1.807) is 11.3 Å². The molecule has 0 unspecified atom stereocenters. The van der Waals surface area contributed by atoms with Gasteiger partial charge in [0.05, 0.1) is 4.88 Å². The SMILES string of the molecule is Cc1c(C(=O)NCCCc2ccccc2)sc2ccccc12. The molecule has 22 heavy (non-hydrogen) atoms. The zero-order valence-corrected chi connectivity index (χ0v) is 13.5. The fraction of sp³-hybridized carbons (Fsp3) is 0.211. The minimum absolute atomic E-state index is 0.0479. The van der Waals surface area contributed by atoms with Crippen molar-refractivity contribution in [3.8, 4) is 0 Å². The molecule has 2 aromatic carbocycles. The van der Waals surface area contributed by atoms with Crippen LogP contribution in [0, 0.1) is 6.92 Å². The molecule has 0 aliphatic heterocycles. The van der Waals surface area contributed by atoms with Crippen LogP contribution >= 0.6 is 11.3 Å². The summed E-state index contributed by atoms with van der Waals surface area (Å²) in [5.74, 6) is 0.0479. The van der Waals surface area contributed by atoms with Gasteiger partial charge in [-0.3, -0.25) is 4.79 Å². The Kier molecular flexibility index (Phi) is 4.54. The summed E-state index contributed by atoms with van der Waals surface area (Å²) >= 11 is 1.57. The highest BCUT2D eigenvalue weighted by Gasteiger charge is 2.14. The Morgan fingerprint density at radius 3 is 2.55 bits per heavy atom. The monoisotopic (exact) mass is 309 g/mol. The van der Waals surface area contributed by atoms with E-state index in [4.69, 9.17) is 0 Å². The largest absolute Gasteiger partial charge is 0.351 e. The van der Waals surface area contributed by atoms with Crippen LogP contribution in [0.15, 0.2) is 54.6 Å². The summed E-state index contributed by atoms with van der Waals surface area (Å²) in [4.78, 5) is 13.2. The maximum absolute atomic E-state index is 12.3. The molecule has 0 fully saturated rings. The molecule has 1 heterocycles. The number of thiophene rings is 1. The summed E-state index contributed by atoms with van der Waals surface area (Å²) in [5.41, 5.74) is 2.40. The summed E-state index contributed by atoms with van der Waals surface area (Å²) in [5, 5.41) is 4.22. The van der Waals surface area contributed by atoms with Crippen LogP contribution in [0.5, 0.6) is 0 Å². The zero-order valence-electron chi connectivity index (χ0n) is 12.6. The van der Waals surface area contributed by atoms with Crippen LogP contribution in [0.1, 0.15) is 27.2 Å². The number of aryl methyl sites for hydroxylation is 2. The number of hydrogen-bond acceptors (Lipinski definition) is 2. The fourth-order valence-electron chi connectivity index (χ4n) is 2.61. The molecule has 0 aliphatic carbocycles. The van der Waals surface area contributed by atoms with Crippen molar-refractivity contribution in [2.24, 2.45) is 0 Å². The van der Waals surface area contributed by atoms with E-state index in [1.807, 2.05) is 25.1 Å². The van der Waals surface area contributed by atoms with Gasteiger partial charge in [-0.15, -0.1) is 11.3 Å². The van der Waals surface area contributed by atoms with Crippen molar-refractivity contribution in [3.05, 3.63) is 70.6 Å².